The molecular formula is C18H30F3IN4O3S. The molecule has 0 spiro atoms. The third-order valence-electron chi connectivity index (χ3n) is 3.98. The summed E-state index contributed by atoms with van der Waals surface area (Å²) in [6, 6.07) is 5.05. The van der Waals surface area contributed by atoms with E-state index in [2.05, 4.69) is 15.6 Å². The van der Waals surface area contributed by atoms with E-state index in [4.69, 9.17) is 4.74 Å². The predicted molar refractivity (Wildman–Crippen MR) is 123 cm³/mol. The van der Waals surface area contributed by atoms with Crippen LogP contribution in [-0.4, -0.2) is 64.4 Å². The summed E-state index contributed by atoms with van der Waals surface area (Å²) in [6.45, 7) is 3.68. The Bertz CT molecular complexity index is 789. The number of nitrogens with one attached hydrogen (secondary N) is 2. The van der Waals surface area contributed by atoms with Crippen LogP contribution in [0.25, 0.3) is 0 Å². The molecule has 7 nitrogen and oxygen atoms in total. The zero-order valence-electron chi connectivity index (χ0n) is 17.5. The number of guanidine groups is 1. The van der Waals surface area contributed by atoms with Crippen LogP contribution in [0.3, 0.4) is 0 Å². The molecule has 30 heavy (non-hydrogen) atoms. The van der Waals surface area contributed by atoms with Gasteiger partial charge in [0.25, 0.3) is 0 Å². The van der Waals surface area contributed by atoms with Gasteiger partial charge in [-0.3, -0.25) is 4.99 Å². The highest BCUT2D eigenvalue weighted by atomic mass is 127. The van der Waals surface area contributed by atoms with E-state index in [9.17, 15) is 21.6 Å². The largest absolute Gasteiger partial charge is 0.484 e. The van der Waals surface area contributed by atoms with E-state index in [-0.39, 0.29) is 36.3 Å². The zero-order chi connectivity index (χ0) is 22.1. The summed E-state index contributed by atoms with van der Waals surface area (Å²) in [7, 11) is -1.66. The SMILES string of the molecule is CCN(CCCNC(=NC)NCc1ccc(C)cc1OCC(F)(F)F)S(C)(=O)=O.I. The minimum absolute atomic E-state index is 0. The van der Waals surface area contributed by atoms with Crippen LogP contribution in [0, 0.1) is 6.92 Å². The smallest absolute Gasteiger partial charge is 0.422 e. The second-order valence-corrected chi connectivity index (χ2v) is 8.46. The molecule has 0 unspecified atom stereocenters. The number of sulfonamides is 1. The van der Waals surface area contributed by atoms with Gasteiger partial charge >= 0.3 is 6.18 Å². The van der Waals surface area contributed by atoms with Crippen LogP contribution < -0.4 is 15.4 Å². The highest BCUT2D eigenvalue weighted by Gasteiger charge is 2.28. The fourth-order valence-electron chi connectivity index (χ4n) is 2.52. The summed E-state index contributed by atoms with van der Waals surface area (Å²) in [5.41, 5.74) is 1.36. The number of alkyl halides is 3. The van der Waals surface area contributed by atoms with Crippen molar-refractivity contribution in [2.24, 2.45) is 4.99 Å². The van der Waals surface area contributed by atoms with Gasteiger partial charge < -0.3 is 15.4 Å². The summed E-state index contributed by atoms with van der Waals surface area (Å²) in [5, 5.41) is 6.08. The standard InChI is InChI=1S/C18H29F3N4O3S.HI/c1-5-25(29(4,26)27)10-6-9-23-17(22-3)24-12-15-8-7-14(2)11-16(15)28-13-18(19,20)21;/h7-8,11H,5-6,9-10,12-13H2,1-4H3,(H2,22,23,24);1H. The van der Waals surface area contributed by atoms with Crippen molar-refractivity contribution in [1.82, 2.24) is 14.9 Å². The molecule has 1 aromatic carbocycles. The molecule has 174 valence electrons. The van der Waals surface area contributed by atoms with Gasteiger partial charge in [0, 0.05) is 38.8 Å². The number of aryl methyl sites for hydroxylation is 1. The second kappa shape index (κ2) is 13.2. The molecule has 0 saturated carbocycles. The van der Waals surface area contributed by atoms with Gasteiger partial charge in [0.1, 0.15) is 5.75 Å². The minimum Gasteiger partial charge on any atom is -0.484 e. The van der Waals surface area contributed by atoms with Crippen molar-refractivity contribution in [3.8, 4) is 5.75 Å². The predicted octanol–water partition coefficient (Wildman–Crippen LogP) is 2.89. The van der Waals surface area contributed by atoms with Crippen LogP contribution in [0.1, 0.15) is 24.5 Å². The molecular weight excluding hydrogens is 536 g/mol. The quantitative estimate of drug-likeness (QED) is 0.197. The van der Waals surface area contributed by atoms with Crippen molar-refractivity contribution in [2.45, 2.75) is 33.0 Å². The van der Waals surface area contributed by atoms with E-state index in [1.165, 1.54) is 10.6 Å². The van der Waals surface area contributed by atoms with Crippen LogP contribution in [0.5, 0.6) is 5.75 Å². The number of aliphatic imine (C=N–C) groups is 1. The van der Waals surface area contributed by atoms with Crippen LogP contribution in [0.15, 0.2) is 23.2 Å². The summed E-state index contributed by atoms with van der Waals surface area (Å²) in [5.74, 6) is 0.617. The number of nitrogens with zero attached hydrogens (tertiary/aromatic N) is 2. The maximum absolute atomic E-state index is 12.5. The lowest BCUT2D eigenvalue weighted by Gasteiger charge is -2.19. The second-order valence-electron chi connectivity index (χ2n) is 6.48. The summed E-state index contributed by atoms with van der Waals surface area (Å²) >= 11 is 0. The van der Waals surface area contributed by atoms with Crippen LogP contribution >= 0.6 is 24.0 Å². The van der Waals surface area contributed by atoms with Crippen LogP contribution in [0.2, 0.25) is 0 Å². The molecule has 0 atom stereocenters. The first kappa shape index (κ1) is 28.7. The molecule has 0 heterocycles. The highest BCUT2D eigenvalue weighted by Crippen LogP contribution is 2.23. The molecule has 0 saturated heterocycles. The first-order valence-electron chi connectivity index (χ1n) is 9.15. The Labute approximate surface area is 193 Å². The Morgan fingerprint density at radius 2 is 1.93 bits per heavy atom. The Balaban J connectivity index is 0.00000841. The number of halogens is 4. The maximum atomic E-state index is 12.5. The lowest BCUT2D eigenvalue weighted by atomic mass is 10.1. The third-order valence-corrected chi connectivity index (χ3v) is 5.36. The molecule has 0 aliphatic carbocycles. The lowest BCUT2D eigenvalue weighted by Crippen LogP contribution is -2.39. The van der Waals surface area contributed by atoms with E-state index in [0.717, 1.165) is 5.56 Å². The van der Waals surface area contributed by atoms with Crippen LogP contribution in [-0.2, 0) is 16.6 Å². The van der Waals surface area contributed by atoms with Crippen molar-refractivity contribution in [3.05, 3.63) is 29.3 Å². The number of hydrogen-bond acceptors (Lipinski definition) is 4. The van der Waals surface area contributed by atoms with Gasteiger partial charge in [-0.2, -0.15) is 13.2 Å². The molecule has 0 aliphatic heterocycles. The number of rotatable bonds is 10. The van der Waals surface area contributed by atoms with Crippen molar-refractivity contribution in [1.29, 1.82) is 0 Å². The molecule has 0 fully saturated rings. The van der Waals surface area contributed by atoms with Crippen LogP contribution in [0.4, 0.5) is 13.2 Å². The molecule has 0 aromatic heterocycles. The number of hydrogen-bond donors (Lipinski definition) is 2. The van der Waals surface area contributed by atoms with Gasteiger partial charge in [0.05, 0.1) is 6.26 Å². The Morgan fingerprint density at radius 3 is 2.47 bits per heavy atom. The summed E-state index contributed by atoms with van der Waals surface area (Å²) in [4.78, 5) is 4.06. The van der Waals surface area contributed by atoms with Gasteiger partial charge in [-0.15, -0.1) is 24.0 Å². The molecule has 1 rings (SSSR count). The average Bonchev–Trinajstić information content (AvgIpc) is 2.61. The average molecular weight is 566 g/mol. The Kier molecular flexibility index (Phi) is 12.6. The number of ether oxygens (including phenoxy) is 1. The topological polar surface area (TPSA) is 83.0 Å². The summed E-state index contributed by atoms with van der Waals surface area (Å²) < 4.78 is 66.8. The van der Waals surface area contributed by atoms with E-state index in [0.29, 0.717) is 37.6 Å². The molecule has 2 N–H and O–H groups in total. The molecule has 0 aliphatic rings. The third kappa shape index (κ3) is 11.2. The Hall–Kier alpha value is -1.28. The molecule has 1 aromatic rings. The zero-order valence-corrected chi connectivity index (χ0v) is 20.7. The molecule has 0 amide bonds. The minimum atomic E-state index is -4.41. The van der Waals surface area contributed by atoms with Gasteiger partial charge in [-0.1, -0.05) is 19.1 Å². The van der Waals surface area contributed by atoms with E-state index >= 15 is 0 Å². The van der Waals surface area contributed by atoms with E-state index in [1.807, 2.05) is 0 Å². The van der Waals surface area contributed by atoms with E-state index < -0.39 is 22.8 Å². The molecule has 12 heteroatoms. The molecule has 0 bridgehead atoms. The fraction of sp³-hybridized carbons (Fsp3) is 0.611. The van der Waals surface area contributed by atoms with Crippen molar-refractivity contribution in [2.75, 3.05) is 39.5 Å². The monoisotopic (exact) mass is 566 g/mol. The van der Waals surface area contributed by atoms with Gasteiger partial charge in [-0.05, 0) is 25.0 Å². The Morgan fingerprint density at radius 1 is 1.27 bits per heavy atom. The van der Waals surface area contributed by atoms with Gasteiger partial charge in [-0.25, -0.2) is 12.7 Å². The first-order chi connectivity index (χ1) is 13.5. The maximum Gasteiger partial charge on any atom is 0.422 e. The lowest BCUT2D eigenvalue weighted by molar-refractivity contribution is -0.153. The fourth-order valence-corrected chi connectivity index (χ4v) is 3.45. The van der Waals surface area contributed by atoms with Crippen molar-refractivity contribution >= 4 is 40.0 Å². The summed E-state index contributed by atoms with van der Waals surface area (Å²) in [6.07, 6.45) is -2.67. The van der Waals surface area contributed by atoms with Crippen molar-refractivity contribution in [3.63, 3.8) is 0 Å². The van der Waals surface area contributed by atoms with Gasteiger partial charge in [0.2, 0.25) is 10.0 Å². The number of benzene rings is 1. The van der Waals surface area contributed by atoms with E-state index in [1.54, 1.807) is 39.1 Å². The first-order valence-corrected chi connectivity index (χ1v) is 11.0. The molecule has 0 radical (unpaired) electrons. The highest BCUT2D eigenvalue weighted by molar-refractivity contribution is 14.0. The van der Waals surface area contributed by atoms with Crippen molar-refractivity contribution < 1.29 is 26.3 Å². The van der Waals surface area contributed by atoms with Gasteiger partial charge in [0.15, 0.2) is 12.6 Å². The normalized spacial score (nSPS) is 12.5.